The van der Waals surface area contributed by atoms with Crippen LogP contribution >= 0.6 is 11.8 Å². The largest absolute Gasteiger partial charge is 0.480 e. The number of hydrogen-bond donors (Lipinski definition) is 3. The average molecular weight is 457 g/mol. The van der Waals surface area contributed by atoms with Gasteiger partial charge in [0.1, 0.15) is 18.7 Å². The van der Waals surface area contributed by atoms with Crippen LogP contribution in [0.5, 0.6) is 0 Å². The van der Waals surface area contributed by atoms with Gasteiger partial charge in [-0.3, -0.25) is 4.79 Å². The molecular formula is C24H28N2O5S. The van der Waals surface area contributed by atoms with Crippen LogP contribution in [0.3, 0.4) is 0 Å². The molecule has 0 fully saturated rings. The van der Waals surface area contributed by atoms with Crippen LogP contribution in [-0.2, 0) is 14.3 Å². The zero-order valence-corrected chi connectivity index (χ0v) is 19.0. The van der Waals surface area contributed by atoms with Crippen LogP contribution < -0.4 is 10.6 Å². The molecule has 3 rings (SSSR count). The summed E-state index contributed by atoms with van der Waals surface area (Å²) >= 11 is 1.54. The maximum Gasteiger partial charge on any atom is 0.407 e. The second-order valence-electron chi connectivity index (χ2n) is 7.61. The minimum Gasteiger partial charge on any atom is -0.480 e. The zero-order chi connectivity index (χ0) is 23.1. The topological polar surface area (TPSA) is 105 Å². The predicted molar refractivity (Wildman–Crippen MR) is 125 cm³/mol. The first-order chi connectivity index (χ1) is 15.5. The summed E-state index contributed by atoms with van der Waals surface area (Å²) in [6, 6.07) is 14.2. The first kappa shape index (κ1) is 23.7. The second-order valence-corrected chi connectivity index (χ2v) is 8.60. The van der Waals surface area contributed by atoms with Crippen molar-refractivity contribution in [1.82, 2.24) is 10.6 Å². The molecule has 0 saturated carbocycles. The van der Waals surface area contributed by atoms with Gasteiger partial charge in [0.2, 0.25) is 5.91 Å². The standard InChI is InChI=1S/C24H28N2O5S/c1-3-20(23(28)29)25-22(27)21(12-13-32-2)26-24(30)31-14-19-17-10-6-4-8-15(17)16-9-5-7-11-18(16)19/h4-11,19-21H,3,12-14H2,1-2H3,(H,25,27)(H,26,30)(H,28,29)/t20?,21-/m0/s1. The van der Waals surface area contributed by atoms with E-state index >= 15 is 0 Å². The van der Waals surface area contributed by atoms with Crippen LogP contribution in [0, 0.1) is 0 Å². The fraction of sp³-hybridized carbons (Fsp3) is 0.375. The number of carboxylic acid groups (broad SMARTS) is 1. The quantitative estimate of drug-likeness (QED) is 0.504. The molecule has 1 aliphatic rings. The summed E-state index contributed by atoms with van der Waals surface area (Å²) in [5, 5.41) is 14.3. The van der Waals surface area contributed by atoms with E-state index in [1.54, 1.807) is 6.92 Å². The highest BCUT2D eigenvalue weighted by atomic mass is 32.2. The molecule has 2 atom stereocenters. The van der Waals surface area contributed by atoms with Crippen molar-refractivity contribution < 1.29 is 24.2 Å². The number of nitrogens with one attached hydrogen (secondary N) is 2. The van der Waals surface area contributed by atoms with Gasteiger partial charge < -0.3 is 20.5 Å². The van der Waals surface area contributed by atoms with Gasteiger partial charge in [-0.15, -0.1) is 0 Å². The lowest BCUT2D eigenvalue weighted by Crippen LogP contribution is -2.51. The van der Waals surface area contributed by atoms with E-state index in [0.717, 1.165) is 22.3 Å². The molecule has 7 nitrogen and oxygen atoms in total. The molecule has 1 aliphatic carbocycles. The highest BCUT2D eigenvalue weighted by molar-refractivity contribution is 7.98. The minimum atomic E-state index is -1.11. The van der Waals surface area contributed by atoms with Crippen molar-refractivity contribution in [2.75, 3.05) is 18.6 Å². The Bertz CT molecular complexity index is 935. The van der Waals surface area contributed by atoms with E-state index in [0.29, 0.717) is 12.2 Å². The van der Waals surface area contributed by atoms with Crippen LogP contribution in [0.15, 0.2) is 48.5 Å². The van der Waals surface area contributed by atoms with Crippen molar-refractivity contribution in [3.63, 3.8) is 0 Å². The lowest BCUT2D eigenvalue weighted by atomic mass is 9.98. The monoisotopic (exact) mass is 456 g/mol. The van der Waals surface area contributed by atoms with E-state index in [1.165, 1.54) is 11.8 Å². The molecule has 0 spiro atoms. The Morgan fingerprint density at radius 1 is 1.00 bits per heavy atom. The molecule has 8 heteroatoms. The summed E-state index contributed by atoms with van der Waals surface area (Å²) in [6.45, 7) is 1.82. The van der Waals surface area contributed by atoms with Gasteiger partial charge in [0.15, 0.2) is 0 Å². The zero-order valence-electron chi connectivity index (χ0n) is 18.2. The number of hydrogen-bond acceptors (Lipinski definition) is 5. The van der Waals surface area contributed by atoms with Crippen LogP contribution in [0.25, 0.3) is 11.1 Å². The Balaban J connectivity index is 1.65. The van der Waals surface area contributed by atoms with Crippen molar-refractivity contribution in [1.29, 1.82) is 0 Å². The smallest absolute Gasteiger partial charge is 0.407 e. The molecule has 0 bridgehead atoms. The van der Waals surface area contributed by atoms with Gasteiger partial charge in [-0.1, -0.05) is 55.5 Å². The minimum absolute atomic E-state index is 0.0805. The maximum absolute atomic E-state index is 12.6. The number of amides is 2. The number of carbonyl (C=O) groups excluding carboxylic acids is 2. The molecule has 0 heterocycles. The number of rotatable bonds is 10. The second kappa shape index (κ2) is 11.0. The fourth-order valence-corrected chi connectivity index (χ4v) is 4.37. The normalized spacial score (nSPS) is 14.1. The summed E-state index contributed by atoms with van der Waals surface area (Å²) in [4.78, 5) is 36.4. The third kappa shape index (κ3) is 5.43. The summed E-state index contributed by atoms with van der Waals surface area (Å²) in [7, 11) is 0. The fourth-order valence-electron chi connectivity index (χ4n) is 3.90. The van der Waals surface area contributed by atoms with Crippen molar-refractivity contribution in [3.8, 4) is 11.1 Å². The van der Waals surface area contributed by atoms with Gasteiger partial charge in [-0.2, -0.15) is 11.8 Å². The number of carboxylic acids is 1. The molecule has 0 aromatic heterocycles. The van der Waals surface area contributed by atoms with E-state index in [9.17, 15) is 19.5 Å². The SMILES string of the molecule is CCC(NC(=O)[C@H](CCSC)NC(=O)OCC1c2ccccc2-c2ccccc21)C(=O)O. The van der Waals surface area contributed by atoms with Gasteiger partial charge in [-0.25, -0.2) is 9.59 Å². The maximum atomic E-state index is 12.6. The number of benzene rings is 2. The Hall–Kier alpha value is -3.00. The van der Waals surface area contributed by atoms with E-state index in [1.807, 2.05) is 42.7 Å². The first-order valence-corrected chi connectivity index (χ1v) is 12.0. The van der Waals surface area contributed by atoms with E-state index in [2.05, 4.69) is 22.8 Å². The van der Waals surface area contributed by atoms with E-state index in [-0.39, 0.29) is 18.9 Å². The Kier molecular flexibility index (Phi) is 8.16. The van der Waals surface area contributed by atoms with Gasteiger partial charge in [-0.05, 0) is 47.1 Å². The Labute approximate surface area is 191 Å². The van der Waals surface area contributed by atoms with E-state index in [4.69, 9.17) is 4.74 Å². The third-order valence-electron chi connectivity index (χ3n) is 5.59. The van der Waals surface area contributed by atoms with Crippen LogP contribution in [-0.4, -0.2) is 53.8 Å². The predicted octanol–water partition coefficient (Wildman–Crippen LogP) is 3.63. The summed E-state index contributed by atoms with van der Waals surface area (Å²) < 4.78 is 5.53. The lowest BCUT2D eigenvalue weighted by molar-refractivity contribution is -0.142. The first-order valence-electron chi connectivity index (χ1n) is 10.6. The Morgan fingerprint density at radius 2 is 1.59 bits per heavy atom. The van der Waals surface area contributed by atoms with Crippen molar-refractivity contribution in [2.24, 2.45) is 0 Å². The molecule has 2 amide bonds. The molecule has 170 valence electrons. The molecule has 1 unspecified atom stereocenters. The molecule has 2 aromatic carbocycles. The lowest BCUT2D eigenvalue weighted by Gasteiger charge is -2.21. The van der Waals surface area contributed by atoms with Crippen LogP contribution in [0.4, 0.5) is 4.79 Å². The molecule has 0 saturated heterocycles. The van der Waals surface area contributed by atoms with Crippen LogP contribution in [0.2, 0.25) is 0 Å². The molecule has 3 N–H and O–H groups in total. The third-order valence-corrected chi connectivity index (χ3v) is 6.23. The molecular weight excluding hydrogens is 428 g/mol. The molecule has 0 radical (unpaired) electrons. The highest BCUT2D eigenvalue weighted by Gasteiger charge is 2.30. The summed E-state index contributed by atoms with van der Waals surface area (Å²) in [5.74, 6) is -1.08. The van der Waals surface area contributed by atoms with Gasteiger partial charge in [0.05, 0.1) is 0 Å². The van der Waals surface area contributed by atoms with Crippen LogP contribution in [0.1, 0.15) is 36.8 Å². The van der Waals surface area contributed by atoms with Gasteiger partial charge in [0, 0.05) is 5.92 Å². The molecule has 0 aliphatic heterocycles. The van der Waals surface area contributed by atoms with E-state index < -0.39 is 30.1 Å². The van der Waals surface area contributed by atoms with Crippen molar-refractivity contribution in [2.45, 2.75) is 37.8 Å². The average Bonchev–Trinajstić information content (AvgIpc) is 3.12. The molecule has 2 aromatic rings. The van der Waals surface area contributed by atoms with Crippen molar-refractivity contribution in [3.05, 3.63) is 59.7 Å². The number of fused-ring (bicyclic) bond motifs is 3. The van der Waals surface area contributed by atoms with Gasteiger partial charge in [0.25, 0.3) is 0 Å². The number of aliphatic carboxylic acids is 1. The number of carbonyl (C=O) groups is 3. The number of alkyl carbamates (subject to hydrolysis) is 1. The Morgan fingerprint density at radius 3 is 2.12 bits per heavy atom. The van der Waals surface area contributed by atoms with Crippen molar-refractivity contribution >= 4 is 29.7 Å². The number of thioether (sulfide) groups is 1. The highest BCUT2D eigenvalue weighted by Crippen LogP contribution is 2.44. The van der Waals surface area contributed by atoms with Gasteiger partial charge >= 0.3 is 12.1 Å². The summed E-state index contributed by atoms with van der Waals surface area (Å²) in [5.41, 5.74) is 4.47. The summed E-state index contributed by atoms with van der Waals surface area (Å²) in [6.07, 6.45) is 1.82. The molecule has 32 heavy (non-hydrogen) atoms. The number of ether oxygens (including phenoxy) is 1.